The first kappa shape index (κ1) is 10.0. The van der Waals surface area contributed by atoms with E-state index in [-0.39, 0.29) is 5.41 Å². The van der Waals surface area contributed by atoms with E-state index < -0.39 is 11.6 Å². The van der Waals surface area contributed by atoms with Gasteiger partial charge in [0, 0.05) is 11.0 Å². The van der Waals surface area contributed by atoms with Crippen molar-refractivity contribution in [1.29, 1.82) is 0 Å². The minimum Gasteiger partial charge on any atom is -0.465 e. The summed E-state index contributed by atoms with van der Waals surface area (Å²) in [6.07, 6.45) is 2.29. The van der Waals surface area contributed by atoms with Crippen LogP contribution in [0.4, 0.5) is 4.79 Å². The van der Waals surface area contributed by atoms with E-state index in [1.54, 1.807) is 13.8 Å². The first-order valence-corrected chi connectivity index (χ1v) is 4.37. The van der Waals surface area contributed by atoms with E-state index in [1.165, 1.54) is 0 Å². The standard InChI is InChI=1S/C9H15NO3/c1-8(2,10-7(12)13)5-9(6-11)3-4-9/h6,10H,3-5H2,1-2H3,(H,12,13). The van der Waals surface area contributed by atoms with Gasteiger partial charge in [0.15, 0.2) is 0 Å². The van der Waals surface area contributed by atoms with E-state index in [2.05, 4.69) is 5.32 Å². The van der Waals surface area contributed by atoms with Crippen LogP contribution in [0.25, 0.3) is 0 Å². The summed E-state index contributed by atoms with van der Waals surface area (Å²) in [5.74, 6) is 0. The van der Waals surface area contributed by atoms with Gasteiger partial charge in [-0.05, 0) is 33.1 Å². The minimum absolute atomic E-state index is 0.244. The van der Waals surface area contributed by atoms with Gasteiger partial charge in [0.1, 0.15) is 6.29 Å². The van der Waals surface area contributed by atoms with E-state index in [4.69, 9.17) is 5.11 Å². The van der Waals surface area contributed by atoms with Gasteiger partial charge in [-0.3, -0.25) is 0 Å². The fourth-order valence-corrected chi connectivity index (χ4v) is 1.71. The van der Waals surface area contributed by atoms with Crippen LogP contribution in [0.5, 0.6) is 0 Å². The average Bonchev–Trinajstić information content (AvgIpc) is 2.65. The summed E-state index contributed by atoms with van der Waals surface area (Å²) in [4.78, 5) is 21.1. The summed E-state index contributed by atoms with van der Waals surface area (Å²) in [5.41, 5.74) is -0.755. The lowest BCUT2D eigenvalue weighted by molar-refractivity contribution is -0.112. The lowest BCUT2D eigenvalue weighted by Crippen LogP contribution is -2.44. The third-order valence-corrected chi connectivity index (χ3v) is 2.38. The molecule has 1 aliphatic carbocycles. The Morgan fingerprint density at radius 1 is 1.62 bits per heavy atom. The molecule has 74 valence electrons. The van der Waals surface area contributed by atoms with Crippen LogP contribution in [0.15, 0.2) is 0 Å². The highest BCUT2D eigenvalue weighted by molar-refractivity contribution is 5.67. The van der Waals surface area contributed by atoms with Crippen LogP contribution in [-0.2, 0) is 4.79 Å². The van der Waals surface area contributed by atoms with E-state index >= 15 is 0 Å². The van der Waals surface area contributed by atoms with E-state index in [0.717, 1.165) is 19.1 Å². The van der Waals surface area contributed by atoms with Gasteiger partial charge in [-0.25, -0.2) is 4.79 Å². The largest absolute Gasteiger partial charge is 0.465 e. The molecule has 4 nitrogen and oxygen atoms in total. The average molecular weight is 185 g/mol. The molecule has 1 rings (SSSR count). The van der Waals surface area contributed by atoms with Gasteiger partial charge in [-0.2, -0.15) is 0 Å². The Bertz CT molecular complexity index is 231. The molecule has 0 aromatic rings. The molecular weight excluding hydrogens is 170 g/mol. The van der Waals surface area contributed by atoms with Crippen molar-refractivity contribution in [2.45, 2.75) is 38.6 Å². The SMILES string of the molecule is CC(C)(CC1(C=O)CC1)NC(=O)O. The third kappa shape index (κ3) is 2.72. The molecule has 2 N–H and O–H groups in total. The molecule has 0 aliphatic heterocycles. The molecule has 1 aliphatic rings. The summed E-state index contributed by atoms with van der Waals surface area (Å²) in [6.45, 7) is 3.59. The lowest BCUT2D eigenvalue weighted by Gasteiger charge is -2.27. The molecule has 0 heterocycles. The molecule has 1 fully saturated rings. The maximum absolute atomic E-state index is 10.7. The fourth-order valence-electron chi connectivity index (χ4n) is 1.71. The molecule has 4 heteroatoms. The second kappa shape index (κ2) is 3.01. The molecule has 0 bridgehead atoms. The Labute approximate surface area is 77.3 Å². The van der Waals surface area contributed by atoms with Gasteiger partial charge >= 0.3 is 6.09 Å². The first-order valence-electron chi connectivity index (χ1n) is 4.37. The van der Waals surface area contributed by atoms with Gasteiger partial charge in [-0.1, -0.05) is 0 Å². The smallest absolute Gasteiger partial charge is 0.405 e. The van der Waals surface area contributed by atoms with Crippen molar-refractivity contribution in [3.8, 4) is 0 Å². The summed E-state index contributed by atoms with van der Waals surface area (Å²) < 4.78 is 0. The molecule has 0 atom stereocenters. The van der Waals surface area contributed by atoms with Gasteiger partial charge in [-0.15, -0.1) is 0 Å². The number of nitrogens with one attached hydrogen (secondary N) is 1. The van der Waals surface area contributed by atoms with Crippen LogP contribution in [0.2, 0.25) is 0 Å². The number of hydrogen-bond acceptors (Lipinski definition) is 2. The number of carboxylic acid groups (broad SMARTS) is 1. The number of carbonyl (C=O) groups is 2. The molecule has 0 radical (unpaired) electrons. The highest BCUT2D eigenvalue weighted by Gasteiger charge is 2.46. The fraction of sp³-hybridized carbons (Fsp3) is 0.778. The maximum atomic E-state index is 10.7. The van der Waals surface area contributed by atoms with E-state index in [1.807, 2.05) is 0 Å². The number of carbonyl (C=O) groups excluding carboxylic acids is 1. The maximum Gasteiger partial charge on any atom is 0.405 e. The molecule has 0 aromatic carbocycles. The van der Waals surface area contributed by atoms with Crippen LogP contribution in [-0.4, -0.2) is 23.0 Å². The van der Waals surface area contributed by atoms with Crippen LogP contribution in [0.1, 0.15) is 33.1 Å². The normalized spacial score (nSPS) is 19.2. The quantitative estimate of drug-likeness (QED) is 0.650. The predicted molar refractivity (Wildman–Crippen MR) is 47.6 cm³/mol. The Balaban J connectivity index is 2.51. The summed E-state index contributed by atoms with van der Waals surface area (Å²) in [7, 11) is 0. The van der Waals surface area contributed by atoms with Crippen molar-refractivity contribution in [2.24, 2.45) is 5.41 Å². The number of amides is 1. The van der Waals surface area contributed by atoms with Gasteiger partial charge in [0.2, 0.25) is 0 Å². The second-order valence-corrected chi connectivity index (χ2v) is 4.47. The van der Waals surface area contributed by atoms with Crippen LogP contribution in [0, 0.1) is 5.41 Å². The molecular formula is C9H15NO3. The van der Waals surface area contributed by atoms with Crippen LogP contribution in [0.3, 0.4) is 0 Å². The summed E-state index contributed by atoms with van der Waals surface area (Å²) >= 11 is 0. The molecule has 13 heavy (non-hydrogen) atoms. The van der Waals surface area contributed by atoms with Crippen molar-refractivity contribution in [3.05, 3.63) is 0 Å². The van der Waals surface area contributed by atoms with E-state index in [0.29, 0.717) is 6.42 Å². The predicted octanol–water partition coefficient (Wildman–Crippen LogP) is 1.40. The molecule has 1 amide bonds. The molecule has 0 unspecified atom stereocenters. The monoisotopic (exact) mass is 185 g/mol. The van der Waals surface area contributed by atoms with Gasteiger partial charge in [0.25, 0.3) is 0 Å². The Morgan fingerprint density at radius 2 is 2.15 bits per heavy atom. The van der Waals surface area contributed by atoms with Gasteiger partial charge < -0.3 is 15.2 Å². The zero-order valence-electron chi connectivity index (χ0n) is 7.96. The molecule has 0 saturated heterocycles. The molecule has 0 aromatic heterocycles. The molecule has 1 saturated carbocycles. The zero-order chi connectivity index (χ0) is 10.1. The molecule has 0 spiro atoms. The highest BCUT2D eigenvalue weighted by Crippen LogP contribution is 2.49. The highest BCUT2D eigenvalue weighted by atomic mass is 16.4. The number of rotatable bonds is 4. The number of hydrogen-bond donors (Lipinski definition) is 2. The van der Waals surface area contributed by atoms with Crippen LogP contribution < -0.4 is 5.32 Å². The van der Waals surface area contributed by atoms with Crippen molar-refractivity contribution in [2.75, 3.05) is 0 Å². The zero-order valence-corrected chi connectivity index (χ0v) is 7.96. The third-order valence-electron chi connectivity index (χ3n) is 2.38. The van der Waals surface area contributed by atoms with Crippen molar-refractivity contribution in [3.63, 3.8) is 0 Å². The van der Waals surface area contributed by atoms with Crippen molar-refractivity contribution in [1.82, 2.24) is 5.32 Å². The second-order valence-electron chi connectivity index (χ2n) is 4.47. The van der Waals surface area contributed by atoms with Gasteiger partial charge in [0.05, 0.1) is 0 Å². The first-order chi connectivity index (χ1) is 5.89. The summed E-state index contributed by atoms with van der Waals surface area (Å²) in [6, 6.07) is 0. The number of aldehydes is 1. The van der Waals surface area contributed by atoms with Crippen molar-refractivity contribution >= 4 is 12.4 Å². The Hall–Kier alpha value is -1.06. The van der Waals surface area contributed by atoms with Crippen LogP contribution >= 0.6 is 0 Å². The van der Waals surface area contributed by atoms with E-state index in [9.17, 15) is 9.59 Å². The lowest BCUT2D eigenvalue weighted by atomic mass is 9.89. The topological polar surface area (TPSA) is 66.4 Å². The minimum atomic E-state index is -1.04. The van der Waals surface area contributed by atoms with Crippen molar-refractivity contribution < 1.29 is 14.7 Å². The Kier molecular flexibility index (Phi) is 2.32. The Morgan fingerprint density at radius 3 is 2.46 bits per heavy atom. The summed E-state index contributed by atoms with van der Waals surface area (Å²) in [5, 5.41) is 10.9.